The van der Waals surface area contributed by atoms with Crippen molar-refractivity contribution in [2.24, 2.45) is 17.3 Å². The molecule has 0 aromatic heterocycles. The standard InChI is InChI=1S/C9H18O2/c1-6(2)9(5,7(3)4)8(10)11/h6-7H,1-5H3,(H,10,11). The molecule has 0 saturated carbocycles. The third kappa shape index (κ3) is 1.73. The molecule has 0 heterocycles. The van der Waals surface area contributed by atoms with Crippen molar-refractivity contribution in [3.63, 3.8) is 0 Å². The van der Waals surface area contributed by atoms with E-state index in [-0.39, 0.29) is 11.8 Å². The number of hydrogen-bond donors (Lipinski definition) is 1. The summed E-state index contributed by atoms with van der Waals surface area (Å²) in [6.45, 7) is 9.62. The first-order chi connectivity index (χ1) is 4.83. The first kappa shape index (κ1) is 10.5. The predicted molar refractivity (Wildman–Crippen MR) is 45.4 cm³/mol. The third-order valence-electron chi connectivity index (χ3n) is 2.86. The summed E-state index contributed by atoms with van der Waals surface area (Å²) in [6, 6.07) is 0. The lowest BCUT2D eigenvalue weighted by molar-refractivity contribution is -0.153. The fourth-order valence-corrected chi connectivity index (χ4v) is 1.16. The summed E-state index contributed by atoms with van der Waals surface area (Å²) in [7, 11) is 0. The quantitative estimate of drug-likeness (QED) is 0.684. The number of carboxylic acids is 1. The molecule has 0 unspecified atom stereocenters. The van der Waals surface area contributed by atoms with E-state index in [2.05, 4.69) is 0 Å². The van der Waals surface area contributed by atoms with Crippen LogP contribution in [0.5, 0.6) is 0 Å². The van der Waals surface area contributed by atoms with Crippen LogP contribution in [-0.4, -0.2) is 11.1 Å². The monoisotopic (exact) mass is 158 g/mol. The van der Waals surface area contributed by atoms with Crippen LogP contribution >= 0.6 is 0 Å². The van der Waals surface area contributed by atoms with Gasteiger partial charge in [-0.2, -0.15) is 0 Å². The van der Waals surface area contributed by atoms with Crippen molar-refractivity contribution < 1.29 is 9.90 Å². The van der Waals surface area contributed by atoms with Crippen molar-refractivity contribution in [3.8, 4) is 0 Å². The van der Waals surface area contributed by atoms with Crippen LogP contribution < -0.4 is 0 Å². The Morgan fingerprint density at radius 1 is 1.18 bits per heavy atom. The highest BCUT2D eigenvalue weighted by Crippen LogP contribution is 2.35. The molecule has 11 heavy (non-hydrogen) atoms. The van der Waals surface area contributed by atoms with Gasteiger partial charge >= 0.3 is 5.97 Å². The first-order valence-electron chi connectivity index (χ1n) is 4.06. The van der Waals surface area contributed by atoms with Gasteiger partial charge in [0.15, 0.2) is 0 Å². The highest BCUT2D eigenvalue weighted by molar-refractivity contribution is 5.74. The third-order valence-corrected chi connectivity index (χ3v) is 2.86. The van der Waals surface area contributed by atoms with E-state index in [0.29, 0.717) is 0 Å². The second-order valence-electron chi connectivity index (χ2n) is 3.90. The van der Waals surface area contributed by atoms with Crippen molar-refractivity contribution in [3.05, 3.63) is 0 Å². The minimum absolute atomic E-state index is 0.181. The highest BCUT2D eigenvalue weighted by Gasteiger charge is 2.39. The van der Waals surface area contributed by atoms with E-state index in [4.69, 9.17) is 5.11 Å². The molecule has 0 atom stereocenters. The fourth-order valence-electron chi connectivity index (χ4n) is 1.16. The highest BCUT2D eigenvalue weighted by atomic mass is 16.4. The van der Waals surface area contributed by atoms with E-state index in [1.54, 1.807) is 0 Å². The van der Waals surface area contributed by atoms with Gasteiger partial charge in [0.05, 0.1) is 5.41 Å². The summed E-state index contributed by atoms with van der Waals surface area (Å²) in [5.74, 6) is -0.331. The van der Waals surface area contributed by atoms with E-state index in [1.165, 1.54) is 0 Å². The van der Waals surface area contributed by atoms with E-state index in [1.807, 2.05) is 34.6 Å². The molecular formula is C9H18O2. The zero-order valence-electron chi connectivity index (χ0n) is 8.01. The Morgan fingerprint density at radius 3 is 1.45 bits per heavy atom. The Labute approximate surface area is 68.6 Å². The van der Waals surface area contributed by atoms with Crippen LogP contribution in [0, 0.1) is 17.3 Å². The van der Waals surface area contributed by atoms with Crippen molar-refractivity contribution >= 4 is 5.97 Å². The molecular weight excluding hydrogens is 140 g/mol. The van der Waals surface area contributed by atoms with E-state index < -0.39 is 11.4 Å². The van der Waals surface area contributed by atoms with Gasteiger partial charge in [-0.25, -0.2) is 0 Å². The van der Waals surface area contributed by atoms with Gasteiger partial charge in [0.2, 0.25) is 0 Å². The molecule has 0 aliphatic carbocycles. The molecule has 1 N–H and O–H groups in total. The molecule has 0 aromatic rings. The van der Waals surface area contributed by atoms with Crippen molar-refractivity contribution in [1.82, 2.24) is 0 Å². The molecule has 0 amide bonds. The second-order valence-corrected chi connectivity index (χ2v) is 3.90. The van der Waals surface area contributed by atoms with Crippen LogP contribution in [0.2, 0.25) is 0 Å². The maximum atomic E-state index is 10.9. The topological polar surface area (TPSA) is 37.3 Å². The van der Waals surface area contributed by atoms with Gasteiger partial charge in [-0.1, -0.05) is 27.7 Å². The fraction of sp³-hybridized carbons (Fsp3) is 0.889. The average molecular weight is 158 g/mol. The number of hydrogen-bond acceptors (Lipinski definition) is 1. The lowest BCUT2D eigenvalue weighted by atomic mass is 9.71. The molecule has 0 aliphatic heterocycles. The minimum Gasteiger partial charge on any atom is -0.481 e. The first-order valence-corrected chi connectivity index (χ1v) is 4.06. The van der Waals surface area contributed by atoms with Crippen LogP contribution in [0.1, 0.15) is 34.6 Å². The molecule has 0 aromatic carbocycles. The van der Waals surface area contributed by atoms with Crippen LogP contribution in [0.25, 0.3) is 0 Å². The summed E-state index contributed by atoms with van der Waals surface area (Å²) in [6.07, 6.45) is 0. The van der Waals surface area contributed by atoms with Gasteiger partial charge in [0.1, 0.15) is 0 Å². The molecule has 2 heteroatoms. The zero-order chi connectivity index (χ0) is 9.23. The van der Waals surface area contributed by atoms with Crippen LogP contribution in [-0.2, 0) is 4.79 Å². The van der Waals surface area contributed by atoms with Gasteiger partial charge in [0, 0.05) is 0 Å². The average Bonchev–Trinajstić information content (AvgIpc) is 1.84. The lowest BCUT2D eigenvalue weighted by Crippen LogP contribution is -2.38. The Hall–Kier alpha value is -0.530. The lowest BCUT2D eigenvalue weighted by Gasteiger charge is -2.32. The number of rotatable bonds is 3. The number of aliphatic carboxylic acids is 1. The summed E-state index contributed by atoms with van der Waals surface area (Å²) in [4.78, 5) is 10.9. The minimum atomic E-state index is -0.692. The Morgan fingerprint density at radius 2 is 1.45 bits per heavy atom. The summed E-state index contributed by atoms with van der Waals surface area (Å²) in [5.41, 5.74) is -0.583. The Bertz CT molecular complexity index is 140. The van der Waals surface area contributed by atoms with E-state index >= 15 is 0 Å². The SMILES string of the molecule is CC(C)C(C)(C(=O)O)C(C)C. The maximum Gasteiger partial charge on any atom is 0.309 e. The van der Waals surface area contributed by atoms with E-state index in [0.717, 1.165) is 0 Å². The van der Waals surface area contributed by atoms with Crippen LogP contribution in [0.3, 0.4) is 0 Å². The molecule has 0 radical (unpaired) electrons. The number of carboxylic acid groups (broad SMARTS) is 1. The summed E-state index contributed by atoms with van der Waals surface area (Å²) in [5, 5.41) is 8.97. The Balaban J connectivity index is 4.67. The van der Waals surface area contributed by atoms with Gasteiger partial charge in [0.25, 0.3) is 0 Å². The molecule has 0 bridgehead atoms. The molecule has 0 aliphatic rings. The van der Waals surface area contributed by atoms with Crippen molar-refractivity contribution in [2.75, 3.05) is 0 Å². The molecule has 0 saturated heterocycles. The molecule has 0 fully saturated rings. The molecule has 0 rings (SSSR count). The molecule has 0 spiro atoms. The van der Waals surface area contributed by atoms with Gasteiger partial charge in [-0.15, -0.1) is 0 Å². The normalized spacial score (nSPS) is 12.6. The largest absolute Gasteiger partial charge is 0.481 e. The van der Waals surface area contributed by atoms with Crippen molar-refractivity contribution in [2.45, 2.75) is 34.6 Å². The van der Waals surface area contributed by atoms with Crippen LogP contribution in [0.15, 0.2) is 0 Å². The molecule has 66 valence electrons. The van der Waals surface area contributed by atoms with Gasteiger partial charge < -0.3 is 5.11 Å². The van der Waals surface area contributed by atoms with Crippen molar-refractivity contribution in [1.29, 1.82) is 0 Å². The molecule has 2 nitrogen and oxygen atoms in total. The van der Waals surface area contributed by atoms with Gasteiger partial charge in [-0.3, -0.25) is 4.79 Å². The zero-order valence-corrected chi connectivity index (χ0v) is 8.01. The summed E-state index contributed by atoms with van der Waals surface area (Å²) < 4.78 is 0. The predicted octanol–water partition coefficient (Wildman–Crippen LogP) is 2.39. The maximum absolute atomic E-state index is 10.9. The second kappa shape index (κ2) is 3.24. The van der Waals surface area contributed by atoms with E-state index in [9.17, 15) is 4.79 Å². The van der Waals surface area contributed by atoms with Crippen LogP contribution in [0.4, 0.5) is 0 Å². The van der Waals surface area contributed by atoms with Gasteiger partial charge in [-0.05, 0) is 18.8 Å². The smallest absolute Gasteiger partial charge is 0.309 e. The summed E-state index contributed by atoms with van der Waals surface area (Å²) >= 11 is 0. The number of carbonyl (C=O) groups is 1. The Kier molecular flexibility index (Phi) is 3.09.